The monoisotopic (exact) mass is 280 g/mol. The second kappa shape index (κ2) is 8.16. The summed E-state index contributed by atoms with van der Waals surface area (Å²) in [6, 6.07) is 6.66. The number of hydrogen-bond donors (Lipinski definition) is 3. The highest BCUT2D eigenvalue weighted by Gasteiger charge is 2.04. The number of benzene rings is 1. The summed E-state index contributed by atoms with van der Waals surface area (Å²) in [6.07, 6.45) is 2.00. The van der Waals surface area contributed by atoms with Crippen LogP contribution in [0.4, 0.5) is 5.69 Å². The first-order valence-electron chi connectivity index (χ1n) is 6.47. The largest absolute Gasteiger partial charge is 0.482 e. The molecule has 0 saturated heterocycles. The summed E-state index contributed by atoms with van der Waals surface area (Å²) in [6.45, 7) is 1.52. The maximum atomic E-state index is 11.6. The normalized spacial score (nSPS) is 11.7. The third-order valence-corrected chi connectivity index (χ3v) is 2.56. The highest BCUT2D eigenvalue weighted by Crippen LogP contribution is 2.16. The molecule has 1 unspecified atom stereocenters. The van der Waals surface area contributed by atoms with Crippen LogP contribution in [0.3, 0.4) is 0 Å². The molecule has 110 valence electrons. The highest BCUT2D eigenvalue weighted by atomic mass is 16.5. The molecule has 0 aliphatic rings. The number of carbonyl (C=O) groups excluding carboxylic acids is 1. The second-order valence-electron chi connectivity index (χ2n) is 4.62. The quantitative estimate of drug-likeness (QED) is 0.671. The molecule has 0 saturated carbocycles. The van der Waals surface area contributed by atoms with Gasteiger partial charge in [0.2, 0.25) is 5.91 Å². The van der Waals surface area contributed by atoms with Crippen LogP contribution >= 0.6 is 0 Å². The van der Waals surface area contributed by atoms with Crippen LogP contribution in [0.25, 0.3) is 0 Å². The fraction of sp³-hybridized carbons (Fsp3) is 0.429. The highest BCUT2D eigenvalue weighted by molar-refractivity contribution is 5.90. The van der Waals surface area contributed by atoms with Gasteiger partial charge in [-0.15, -0.1) is 0 Å². The lowest BCUT2D eigenvalue weighted by atomic mass is 10.1. The first-order valence-corrected chi connectivity index (χ1v) is 6.47. The Morgan fingerprint density at radius 1 is 1.35 bits per heavy atom. The van der Waals surface area contributed by atoms with Gasteiger partial charge in [0.15, 0.2) is 6.61 Å². The lowest BCUT2D eigenvalue weighted by molar-refractivity contribution is -0.139. The Morgan fingerprint density at radius 3 is 2.55 bits per heavy atom. The number of nitrogens with one attached hydrogen (secondary N) is 1. The molecular weight excluding hydrogens is 260 g/mol. The van der Waals surface area contributed by atoms with Crippen molar-refractivity contribution >= 4 is 17.6 Å². The van der Waals surface area contributed by atoms with Gasteiger partial charge in [-0.1, -0.05) is 0 Å². The van der Waals surface area contributed by atoms with Gasteiger partial charge in [0.1, 0.15) is 5.75 Å². The van der Waals surface area contributed by atoms with E-state index < -0.39 is 5.97 Å². The van der Waals surface area contributed by atoms with Gasteiger partial charge in [0.05, 0.1) is 0 Å². The number of anilines is 1. The fourth-order valence-corrected chi connectivity index (χ4v) is 1.59. The van der Waals surface area contributed by atoms with Crippen molar-refractivity contribution in [2.75, 3.05) is 11.9 Å². The Hall–Kier alpha value is -2.08. The summed E-state index contributed by atoms with van der Waals surface area (Å²) in [5.74, 6) is -0.649. The number of nitrogens with two attached hydrogens (primary N) is 1. The zero-order valence-electron chi connectivity index (χ0n) is 11.5. The molecule has 0 aromatic heterocycles. The molecule has 1 aromatic rings. The Labute approximate surface area is 117 Å². The summed E-state index contributed by atoms with van der Waals surface area (Å²) in [7, 11) is 0. The van der Waals surface area contributed by atoms with E-state index in [1.807, 2.05) is 6.92 Å². The van der Waals surface area contributed by atoms with E-state index >= 15 is 0 Å². The van der Waals surface area contributed by atoms with Gasteiger partial charge in [0, 0.05) is 18.2 Å². The van der Waals surface area contributed by atoms with E-state index in [2.05, 4.69) is 5.32 Å². The molecule has 0 heterocycles. The summed E-state index contributed by atoms with van der Waals surface area (Å²) in [4.78, 5) is 22.0. The number of amides is 1. The summed E-state index contributed by atoms with van der Waals surface area (Å²) >= 11 is 0. The standard InChI is InChI=1S/C14H20N2O4/c1-10(15)3-2-4-13(17)16-11-5-7-12(8-6-11)20-9-14(18)19/h5-8,10H,2-4,9,15H2,1H3,(H,16,17)(H,18,19). The molecular formula is C14H20N2O4. The average molecular weight is 280 g/mol. The Kier molecular flexibility index (Phi) is 6.52. The zero-order chi connectivity index (χ0) is 15.0. The topological polar surface area (TPSA) is 102 Å². The van der Waals surface area contributed by atoms with Crippen LogP contribution in [0, 0.1) is 0 Å². The number of carboxylic acid groups (broad SMARTS) is 1. The van der Waals surface area contributed by atoms with Gasteiger partial charge in [-0.25, -0.2) is 4.79 Å². The minimum Gasteiger partial charge on any atom is -0.482 e. The van der Waals surface area contributed by atoms with Crippen molar-refractivity contribution < 1.29 is 19.4 Å². The van der Waals surface area contributed by atoms with Gasteiger partial charge < -0.3 is 20.9 Å². The molecule has 6 nitrogen and oxygen atoms in total. The average Bonchev–Trinajstić information content (AvgIpc) is 2.37. The first kappa shape index (κ1) is 16.0. The van der Waals surface area contributed by atoms with Crippen molar-refractivity contribution in [2.45, 2.75) is 32.2 Å². The van der Waals surface area contributed by atoms with E-state index in [4.69, 9.17) is 15.6 Å². The van der Waals surface area contributed by atoms with Gasteiger partial charge in [-0.3, -0.25) is 4.79 Å². The van der Waals surface area contributed by atoms with E-state index in [0.29, 0.717) is 17.9 Å². The number of aliphatic carboxylic acids is 1. The third-order valence-electron chi connectivity index (χ3n) is 2.56. The van der Waals surface area contributed by atoms with Crippen molar-refractivity contribution in [1.82, 2.24) is 0 Å². The lowest BCUT2D eigenvalue weighted by Crippen LogP contribution is -2.16. The van der Waals surface area contributed by atoms with Gasteiger partial charge in [0.25, 0.3) is 0 Å². The van der Waals surface area contributed by atoms with Crippen molar-refractivity contribution in [3.63, 3.8) is 0 Å². The van der Waals surface area contributed by atoms with Crippen LogP contribution in [-0.2, 0) is 9.59 Å². The molecule has 6 heteroatoms. The predicted molar refractivity (Wildman–Crippen MR) is 75.7 cm³/mol. The maximum Gasteiger partial charge on any atom is 0.341 e. The van der Waals surface area contributed by atoms with Crippen LogP contribution in [0.15, 0.2) is 24.3 Å². The summed E-state index contributed by atoms with van der Waals surface area (Å²) < 4.78 is 4.99. The minimum atomic E-state index is -1.03. The van der Waals surface area contributed by atoms with E-state index in [0.717, 1.165) is 12.8 Å². The molecule has 0 fully saturated rings. The van der Waals surface area contributed by atoms with E-state index in [9.17, 15) is 9.59 Å². The van der Waals surface area contributed by atoms with Crippen LogP contribution in [0.1, 0.15) is 26.2 Å². The molecule has 0 aliphatic carbocycles. The molecule has 20 heavy (non-hydrogen) atoms. The first-order chi connectivity index (χ1) is 9.47. The van der Waals surface area contributed by atoms with Gasteiger partial charge in [-0.05, 0) is 44.0 Å². The number of rotatable bonds is 8. The smallest absolute Gasteiger partial charge is 0.341 e. The molecule has 0 bridgehead atoms. The fourth-order valence-electron chi connectivity index (χ4n) is 1.59. The molecule has 0 radical (unpaired) electrons. The van der Waals surface area contributed by atoms with Crippen LogP contribution in [0.2, 0.25) is 0 Å². The van der Waals surface area contributed by atoms with E-state index in [1.54, 1.807) is 24.3 Å². The van der Waals surface area contributed by atoms with Crippen molar-refractivity contribution in [3.05, 3.63) is 24.3 Å². The second-order valence-corrected chi connectivity index (χ2v) is 4.62. The van der Waals surface area contributed by atoms with Crippen LogP contribution < -0.4 is 15.8 Å². The lowest BCUT2D eigenvalue weighted by Gasteiger charge is -2.08. The molecule has 1 amide bonds. The van der Waals surface area contributed by atoms with Crippen LogP contribution in [-0.4, -0.2) is 29.6 Å². The van der Waals surface area contributed by atoms with Crippen molar-refractivity contribution in [1.29, 1.82) is 0 Å². The third kappa shape index (κ3) is 6.75. The predicted octanol–water partition coefficient (Wildman–Crippen LogP) is 1.61. The maximum absolute atomic E-state index is 11.6. The number of hydrogen-bond acceptors (Lipinski definition) is 4. The number of ether oxygens (including phenoxy) is 1. The molecule has 0 spiro atoms. The molecule has 1 rings (SSSR count). The Morgan fingerprint density at radius 2 is 2.00 bits per heavy atom. The van der Waals surface area contributed by atoms with Crippen molar-refractivity contribution in [2.24, 2.45) is 5.73 Å². The van der Waals surface area contributed by atoms with E-state index in [-0.39, 0.29) is 18.6 Å². The number of carbonyl (C=O) groups is 2. The Bertz CT molecular complexity index is 443. The molecule has 1 atom stereocenters. The molecule has 0 aliphatic heterocycles. The summed E-state index contributed by atoms with van der Waals surface area (Å²) in [5.41, 5.74) is 6.26. The number of carboxylic acids is 1. The van der Waals surface area contributed by atoms with Gasteiger partial charge in [-0.2, -0.15) is 0 Å². The zero-order valence-corrected chi connectivity index (χ0v) is 11.5. The Balaban J connectivity index is 2.37. The van der Waals surface area contributed by atoms with Crippen LogP contribution in [0.5, 0.6) is 5.75 Å². The molecule has 1 aromatic carbocycles. The summed E-state index contributed by atoms with van der Waals surface area (Å²) in [5, 5.41) is 11.2. The van der Waals surface area contributed by atoms with Gasteiger partial charge >= 0.3 is 5.97 Å². The van der Waals surface area contributed by atoms with Crippen molar-refractivity contribution in [3.8, 4) is 5.75 Å². The minimum absolute atomic E-state index is 0.0649. The molecule has 4 N–H and O–H groups in total. The SMILES string of the molecule is CC(N)CCCC(=O)Nc1ccc(OCC(=O)O)cc1. The van der Waals surface area contributed by atoms with E-state index in [1.165, 1.54) is 0 Å².